The third-order valence-corrected chi connectivity index (χ3v) is 2.60. The van der Waals surface area contributed by atoms with Crippen LogP contribution in [-0.2, 0) is 0 Å². The molecule has 6 heteroatoms. The van der Waals surface area contributed by atoms with Crippen LogP contribution in [0.5, 0.6) is 5.75 Å². The van der Waals surface area contributed by atoms with Crippen molar-refractivity contribution in [2.24, 2.45) is 0 Å². The van der Waals surface area contributed by atoms with Gasteiger partial charge >= 0.3 is 5.63 Å². The fourth-order valence-corrected chi connectivity index (χ4v) is 1.86. The number of fused-ring (bicyclic) bond motifs is 1. The van der Waals surface area contributed by atoms with E-state index in [1.54, 1.807) is 31.5 Å². The molecule has 90 valence electrons. The zero-order valence-electron chi connectivity index (χ0n) is 9.49. The van der Waals surface area contributed by atoms with Gasteiger partial charge in [0.15, 0.2) is 5.65 Å². The predicted molar refractivity (Wildman–Crippen MR) is 63.4 cm³/mol. The van der Waals surface area contributed by atoms with E-state index >= 15 is 0 Å². The molecule has 0 saturated carbocycles. The van der Waals surface area contributed by atoms with Crippen LogP contribution in [0.15, 0.2) is 39.8 Å². The molecule has 3 aromatic heterocycles. The van der Waals surface area contributed by atoms with Crippen molar-refractivity contribution in [3.05, 3.63) is 46.8 Å². The van der Waals surface area contributed by atoms with Crippen LogP contribution in [0, 0.1) is 6.92 Å². The van der Waals surface area contributed by atoms with Gasteiger partial charge in [0.05, 0.1) is 11.9 Å². The van der Waals surface area contributed by atoms with E-state index in [2.05, 4.69) is 10.1 Å². The minimum absolute atomic E-state index is 0.0803. The number of aryl methyl sites for hydroxylation is 1. The molecule has 3 rings (SSSR count). The van der Waals surface area contributed by atoms with Gasteiger partial charge in [0, 0.05) is 18.3 Å². The third-order valence-electron chi connectivity index (χ3n) is 2.60. The van der Waals surface area contributed by atoms with Gasteiger partial charge in [-0.2, -0.15) is 5.10 Å². The van der Waals surface area contributed by atoms with E-state index in [0.717, 1.165) is 0 Å². The molecule has 0 amide bonds. The molecule has 1 N–H and O–H groups in total. The van der Waals surface area contributed by atoms with Crippen LogP contribution in [0.4, 0.5) is 0 Å². The second kappa shape index (κ2) is 3.69. The van der Waals surface area contributed by atoms with Gasteiger partial charge in [-0.05, 0) is 13.0 Å². The summed E-state index contributed by atoms with van der Waals surface area (Å²) in [5.41, 5.74) is 0.510. The number of aromatic hydroxyl groups is 1. The van der Waals surface area contributed by atoms with E-state index in [0.29, 0.717) is 17.1 Å². The van der Waals surface area contributed by atoms with Gasteiger partial charge in [-0.3, -0.25) is 0 Å². The summed E-state index contributed by atoms with van der Waals surface area (Å²) in [7, 11) is 0. The Morgan fingerprint density at radius 2 is 2.17 bits per heavy atom. The van der Waals surface area contributed by atoms with Crippen LogP contribution in [0.2, 0.25) is 0 Å². The van der Waals surface area contributed by atoms with Crippen molar-refractivity contribution in [3.63, 3.8) is 0 Å². The van der Waals surface area contributed by atoms with Crippen molar-refractivity contribution in [2.45, 2.75) is 6.92 Å². The molecule has 0 aliphatic heterocycles. The van der Waals surface area contributed by atoms with Crippen LogP contribution in [0.1, 0.15) is 5.76 Å². The minimum Gasteiger partial charge on any atom is -0.507 e. The van der Waals surface area contributed by atoms with Gasteiger partial charge in [0.1, 0.15) is 17.1 Å². The molecule has 0 spiro atoms. The monoisotopic (exact) mass is 243 g/mol. The van der Waals surface area contributed by atoms with Gasteiger partial charge in [-0.1, -0.05) is 0 Å². The first-order valence-electron chi connectivity index (χ1n) is 5.29. The van der Waals surface area contributed by atoms with Crippen LogP contribution in [-0.4, -0.2) is 19.7 Å². The Labute approximate surface area is 101 Å². The van der Waals surface area contributed by atoms with E-state index in [1.807, 2.05) is 0 Å². The Kier molecular flexibility index (Phi) is 2.16. The first-order chi connectivity index (χ1) is 8.66. The zero-order chi connectivity index (χ0) is 12.7. The maximum atomic E-state index is 11.8. The number of nitrogens with zero attached hydrogens (tertiary/aromatic N) is 3. The standard InChI is InChI=1S/C12H9N3O3/c1-7-6-9(16)11(12(17)18-7)8-2-4-13-10-3-5-14-15(8)10/h2-6,16H,1H3. The normalized spacial score (nSPS) is 10.9. The first kappa shape index (κ1) is 10.5. The maximum Gasteiger partial charge on any atom is 0.349 e. The number of hydrogen-bond acceptors (Lipinski definition) is 5. The summed E-state index contributed by atoms with van der Waals surface area (Å²) < 4.78 is 6.47. The minimum atomic E-state index is -0.601. The maximum absolute atomic E-state index is 11.8. The Morgan fingerprint density at radius 3 is 2.94 bits per heavy atom. The molecule has 3 heterocycles. The third kappa shape index (κ3) is 1.46. The Balaban J connectivity index is 2.40. The highest BCUT2D eigenvalue weighted by molar-refractivity contribution is 5.67. The molecule has 3 aromatic rings. The smallest absolute Gasteiger partial charge is 0.349 e. The average Bonchev–Trinajstić information content (AvgIpc) is 2.76. The van der Waals surface area contributed by atoms with Gasteiger partial charge in [0.25, 0.3) is 0 Å². The fraction of sp³-hybridized carbons (Fsp3) is 0.0833. The molecule has 0 bridgehead atoms. The zero-order valence-corrected chi connectivity index (χ0v) is 9.49. The van der Waals surface area contributed by atoms with Crippen molar-refractivity contribution in [1.82, 2.24) is 14.6 Å². The summed E-state index contributed by atoms with van der Waals surface area (Å²) in [5, 5.41) is 14.0. The van der Waals surface area contributed by atoms with Crippen LogP contribution in [0.25, 0.3) is 16.9 Å². The molecule has 0 aliphatic carbocycles. The quantitative estimate of drug-likeness (QED) is 0.698. The number of rotatable bonds is 1. The lowest BCUT2D eigenvalue weighted by molar-refractivity contribution is 0.437. The SMILES string of the molecule is Cc1cc(O)c(-c2ccnc3ccnn23)c(=O)o1. The Morgan fingerprint density at radius 1 is 1.33 bits per heavy atom. The van der Waals surface area contributed by atoms with Gasteiger partial charge < -0.3 is 9.52 Å². The Hall–Kier alpha value is -2.63. The number of hydrogen-bond donors (Lipinski definition) is 1. The lowest BCUT2D eigenvalue weighted by Crippen LogP contribution is -2.07. The molecule has 0 saturated heterocycles. The highest BCUT2D eigenvalue weighted by Gasteiger charge is 2.15. The molecule has 0 radical (unpaired) electrons. The molecule has 0 atom stereocenters. The van der Waals surface area contributed by atoms with Crippen molar-refractivity contribution in [3.8, 4) is 17.0 Å². The summed E-state index contributed by atoms with van der Waals surface area (Å²) >= 11 is 0. The highest BCUT2D eigenvalue weighted by Crippen LogP contribution is 2.25. The largest absolute Gasteiger partial charge is 0.507 e. The van der Waals surface area contributed by atoms with E-state index in [1.165, 1.54) is 10.6 Å². The van der Waals surface area contributed by atoms with E-state index in [9.17, 15) is 9.90 Å². The van der Waals surface area contributed by atoms with Crippen molar-refractivity contribution in [2.75, 3.05) is 0 Å². The predicted octanol–water partition coefficient (Wildman–Crippen LogP) is 1.36. The van der Waals surface area contributed by atoms with Crippen LogP contribution in [0.3, 0.4) is 0 Å². The van der Waals surface area contributed by atoms with Gasteiger partial charge in [-0.25, -0.2) is 14.3 Å². The molecule has 18 heavy (non-hydrogen) atoms. The second-order valence-corrected chi connectivity index (χ2v) is 3.84. The first-order valence-corrected chi connectivity index (χ1v) is 5.29. The lowest BCUT2D eigenvalue weighted by atomic mass is 10.2. The lowest BCUT2D eigenvalue weighted by Gasteiger charge is -2.05. The summed E-state index contributed by atoms with van der Waals surface area (Å²) in [6.45, 7) is 1.60. The van der Waals surface area contributed by atoms with Crippen molar-refractivity contribution >= 4 is 5.65 Å². The summed E-state index contributed by atoms with van der Waals surface area (Å²) in [6, 6.07) is 4.70. The number of aromatic nitrogens is 3. The molecule has 0 fully saturated rings. The summed E-state index contributed by atoms with van der Waals surface area (Å²) in [6.07, 6.45) is 3.11. The van der Waals surface area contributed by atoms with Crippen LogP contribution < -0.4 is 5.63 Å². The Bertz CT molecular complexity index is 789. The molecule has 0 unspecified atom stereocenters. The molecule has 6 nitrogen and oxygen atoms in total. The summed E-state index contributed by atoms with van der Waals surface area (Å²) in [4.78, 5) is 15.9. The van der Waals surface area contributed by atoms with E-state index in [-0.39, 0.29) is 11.3 Å². The fourth-order valence-electron chi connectivity index (χ4n) is 1.86. The summed E-state index contributed by atoms with van der Waals surface area (Å²) in [5.74, 6) is 0.221. The van der Waals surface area contributed by atoms with E-state index < -0.39 is 5.63 Å². The van der Waals surface area contributed by atoms with Crippen molar-refractivity contribution in [1.29, 1.82) is 0 Å². The highest BCUT2D eigenvalue weighted by atomic mass is 16.4. The average molecular weight is 243 g/mol. The topological polar surface area (TPSA) is 80.6 Å². The van der Waals surface area contributed by atoms with Gasteiger partial charge in [0.2, 0.25) is 0 Å². The van der Waals surface area contributed by atoms with Crippen LogP contribution >= 0.6 is 0 Å². The van der Waals surface area contributed by atoms with Crippen molar-refractivity contribution < 1.29 is 9.52 Å². The molecule has 0 aromatic carbocycles. The molecule has 0 aliphatic rings. The van der Waals surface area contributed by atoms with E-state index in [4.69, 9.17) is 4.42 Å². The molecular weight excluding hydrogens is 234 g/mol. The second-order valence-electron chi connectivity index (χ2n) is 3.84. The van der Waals surface area contributed by atoms with Gasteiger partial charge in [-0.15, -0.1) is 0 Å². The molecular formula is C12H9N3O3.